The van der Waals surface area contributed by atoms with Gasteiger partial charge in [-0.1, -0.05) is 11.6 Å². The van der Waals surface area contributed by atoms with Crippen molar-refractivity contribution in [3.8, 4) is 5.75 Å². The molecule has 106 valence electrons. The maximum Gasteiger partial charge on any atom is 0.263 e. The molecule has 0 unspecified atom stereocenters. The van der Waals surface area contributed by atoms with Crippen LogP contribution in [0.25, 0.3) is 0 Å². The van der Waals surface area contributed by atoms with Gasteiger partial charge in [-0.2, -0.15) is 0 Å². The smallest absolute Gasteiger partial charge is 0.263 e. The van der Waals surface area contributed by atoms with Crippen LogP contribution in [0.5, 0.6) is 5.75 Å². The first kappa shape index (κ1) is 14.6. The molecule has 0 amide bonds. The molecule has 0 saturated heterocycles. The van der Waals surface area contributed by atoms with E-state index >= 15 is 0 Å². The van der Waals surface area contributed by atoms with Gasteiger partial charge in [-0.05, 0) is 42.8 Å². The Balaban J connectivity index is 2.33. The molecule has 0 bridgehead atoms. The van der Waals surface area contributed by atoms with Gasteiger partial charge in [-0.25, -0.2) is 13.4 Å². The predicted molar refractivity (Wildman–Crippen MR) is 77.8 cm³/mol. The number of ether oxygens (including phenoxy) is 1. The number of hydrogen-bond donors (Lipinski definition) is 1. The molecule has 5 nitrogen and oxygen atoms in total. The van der Waals surface area contributed by atoms with Crippen LogP contribution in [0, 0.1) is 6.92 Å². The fourth-order valence-corrected chi connectivity index (χ4v) is 2.95. The zero-order chi connectivity index (χ0) is 14.8. The second-order valence-electron chi connectivity index (χ2n) is 4.12. The number of sulfonamides is 1. The van der Waals surface area contributed by atoms with E-state index in [1.807, 2.05) is 6.92 Å². The zero-order valence-corrected chi connectivity index (χ0v) is 12.5. The van der Waals surface area contributed by atoms with Crippen LogP contribution >= 0.6 is 11.6 Å². The number of benzene rings is 1. The molecule has 0 saturated carbocycles. The molecule has 0 spiro atoms. The minimum Gasteiger partial charge on any atom is -0.495 e. The third-order valence-electron chi connectivity index (χ3n) is 2.59. The topological polar surface area (TPSA) is 68.3 Å². The summed E-state index contributed by atoms with van der Waals surface area (Å²) in [6, 6.07) is 7.67. The molecule has 2 rings (SSSR count). The molecule has 1 aromatic carbocycles. The minimum atomic E-state index is -3.73. The Labute approximate surface area is 122 Å². The second kappa shape index (κ2) is 5.68. The first-order valence-corrected chi connectivity index (χ1v) is 7.57. The van der Waals surface area contributed by atoms with E-state index in [2.05, 4.69) is 9.71 Å². The first-order chi connectivity index (χ1) is 9.42. The number of anilines is 1. The van der Waals surface area contributed by atoms with E-state index < -0.39 is 10.0 Å². The molecular formula is C13H13ClN2O3S. The monoisotopic (exact) mass is 312 g/mol. The second-order valence-corrected chi connectivity index (χ2v) is 6.21. The van der Waals surface area contributed by atoms with Gasteiger partial charge < -0.3 is 4.74 Å². The van der Waals surface area contributed by atoms with Crippen LogP contribution in [0.2, 0.25) is 5.02 Å². The number of nitrogens with one attached hydrogen (secondary N) is 1. The molecule has 0 aliphatic heterocycles. The van der Waals surface area contributed by atoms with Gasteiger partial charge in [0.2, 0.25) is 0 Å². The summed E-state index contributed by atoms with van der Waals surface area (Å²) in [5.74, 6) is 0.677. The SMILES string of the molecule is COc1ccc(S(=O)(=O)Nc2cc(C)ccn2)cc1Cl. The summed E-state index contributed by atoms with van der Waals surface area (Å²) >= 11 is 5.93. The number of hydrogen-bond acceptors (Lipinski definition) is 4. The van der Waals surface area contributed by atoms with Gasteiger partial charge in [0.25, 0.3) is 10.0 Å². The van der Waals surface area contributed by atoms with Crippen molar-refractivity contribution in [3.63, 3.8) is 0 Å². The lowest BCUT2D eigenvalue weighted by Crippen LogP contribution is -2.14. The van der Waals surface area contributed by atoms with Crippen LogP contribution in [0.3, 0.4) is 0 Å². The lowest BCUT2D eigenvalue weighted by molar-refractivity contribution is 0.414. The number of aromatic nitrogens is 1. The fraction of sp³-hybridized carbons (Fsp3) is 0.154. The Hall–Kier alpha value is -1.79. The van der Waals surface area contributed by atoms with Crippen molar-refractivity contribution in [2.24, 2.45) is 0 Å². The highest BCUT2D eigenvalue weighted by Gasteiger charge is 2.16. The molecule has 2 aromatic rings. The number of aryl methyl sites for hydroxylation is 1. The molecule has 0 radical (unpaired) electrons. The minimum absolute atomic E-state index is 0.0478. The molecule has 1 heterocycles. The van der Waals surface area contributed by atoms with E-state index in [0.717, 1.165) is 5.56 Å². The maximum absolute atomic E-state index is 12.2. The Morgan fingerprint density at radius 3 is 2.60 bits per heavy atom. The third-order valence-corrected chi connectivity index (χ3v) is 4.24. The van der Waals surface area contributed by atoms with E-state index in [-0.39, 0.29) is 15.7 Å². The Morgan fingerprint density at radius 1 is 1.25 bits per heavy atom. The van der Waals surface area contributed by atoms with Crippen molar-refractivity contribution in [1.82, 2.24) is 4.98 Å². The number of rotatable bonds is 4. The van der Waals surface area contributed by atoms with Gasteiger partial charge in [-0.3, -0.25) is 4.72 Å². The normalized spacial score (nSPS) is 11.2. The molecule has 7 heteroatoms. The highest BCUT2D eigenvalue weighted by atomic mass is 35.5. The molecule has 0 atom stereocenters. The number of halogens is 1. The van der Waals surface area contributed by atoms with Gasteiger partial charge in [0, 0.05) is 6.20 Å². The van der Waals surface area contributed by atoms with Crippen LogP contribution in [-0.2, 0) is 10.0 Å². The lowest BCUT2D eigenvalue weighted by Gasteiger charge is -2.09. The highest BCUT2D eigenvalue weighted by Crippen LogP contribution is 2.27. The molecule has 0 aliphatic rings. The van der Waals surface area contributed by atoms with Gasteiger partial charge >= 0.3 is 0 Å². The Bertz CT molecular complexity index is 732. The molecular weight excluding hydrogens is 300 g/mol. The summed E-state index contributed by atoms with van der Waals surface area (Å²) in [5, 5.41) is 0.229. The van der Waals surface area contributed by atoms with Gasteiger partial charge in [-0.15, -0.1) is 0 Å². The summed E-state index contributed by atoms with van der Waals surface area (Å²) in [4.78, 5) is 4.01. The van der Waals surface area contributed by atoms with E-state index in [1.165, 1.54) is 31.5 Å². The summed E-state index contributed by atoms with van der Waals surface area (Å²) in [5.41, 5.74) is 0.908. The van der Waals surface area contributed by atoms with Crippen molar-refractivity contribution in [2.45, 2.75) is 11.8 Å². The summed E-state index contributed by atoms with van der Waals surface area (Å²) in [6.07, 6.45) is 1.54. The largest absolute Gasteiger partial charge is 0.495 e. The van der Waals surface area contributed by atoms with Crippen LogP contribution < -0.4 is 9.46 Å². The molecule has 20 heavy (non-hydrogen) atoms. The van der Waals surface area contributed by atoms with Crippen molar-refractivity contribution >= 4 is 27.4 Å². The van der Waals surface area contributed by atoms with Crippen LogP contribution in [0.4, 0.5) is 5.82 Å². The van der Waals surface area contributed by atoms with E-state index in [4.69, 9.17) is 16.3 Å². The Kier molecular flexibility index (Phi) is 4.15. The zero-order valence-electron chi connectivity index (χ0n) is 10.9. The average Bonchev–Trinajstić information content (AvgIpc) is 2.38. The number of methoxy groups -OCH3 is 1. The van der Waals surface area contributed by atoms with Gasteiger partial charge in [0.15, 0.2) is 0 Å². The summed E-state index contributed by atoms with van der Waals surface area (Å²) in [7, 11) is -2.27. The summed E-state index contributed by atoms with van der Waals surface area (Å²) < 4.78 is 31.8. The van der Waals surface area contributed by atoms with Crippen molar-refractivity contribution in [2.75, 3.05) is 11.8 Å². The lowest BCUT2D eigenvalue weighted by atomic mass is 10.3. The van der Waals surface area contributed by atoms with Crippen LogP contribution in [0.15, 0.2) is 41.4 Å². The van der Waals surface area contributed by atoms with E-state index in [1.54, 1.807) is 12.1 Å². The average molecular weight is 313 g/mol. The molecule has 0 fully saturated rings. The molecule has 1 N–H and O–H groups in total. The molecule has 1 aromatic heterocycles. The fourth-order valence-electron chi connectivity index (χ4n) is 1.60. The van der Waals surface area contributed by atoms with Gasteiger partial charge in [0.1, 0.15) is 11.6 Å². The molecule has 0 aliphatic carbocycles. The summed E-state index contributed by atoms with van der Waals surface area (Å²) in [6.45, 7) is 1.85. The highest BCUT2D eigenvalue weighted by molar-refractivity contribution is 7.92. The van der Waals surface area contributed by atoms with Crippen LogP contribution in [0.1, 0.15) is 5.56 Å². The van der Waals surface area contributed by atoms with Crippen molar-refractivity contribution < 1.29 is 13.2 Å². The van der Waals surface area contributed by atoms with Gasteiger partial charge in [0.05, 0.1) is 17.0 Å². The predicted octanol–water partition coefficient (Wildman–Crippen LogP) is 2.85. The third kappa shape index (κ3) is 3.20. The van der Waals surface area contributed by atoms with Crippen molar-refractivity contribution in [3.05, 3.63) is 47.1 Å². The quantitative estimate of drug-likeness (QED) is 0.942. The maximum atomic E-state index is 12.2. The van der Waals surface area contributed by atoms with E-state index in [0.29, 0.717) is 5.75 Å². The van der Waals surface area contributed by atoms with Crippen molar-refractivity contribution in [1.29, 1.82) is 0 Å². The Morgan fingerprint density at radius 2 is 2.00 bits per heavy atom. The first-order valence-electron chi connectivity index (χ1n) is 5.71. The standard InChI is InChI=1S/C13H13ClN2O3S/c1-9-5-6-15-13(7-9)16-20(17,18)10-3-4-12(19-2)11(14)8-10/h3-8H,1-2H3,(H,15,16). The number of pyridine rings is 1. The van der Waals surface area contributed by atoms with E-state index in [9.17, 15) is 8.42 Å². The number of nitrogens with zero attached hydrogens (tertiary/aromatic N) is 1. The van der Waals surface area contributed by atoms with Crippen LogP contribution in [-0.4, -0.2) is 20.5 Å².